The lowest BCUT2D eigenvalue weighted by atomic mass is 9.86. The Kier molecular flexibility index (Phi) is 4.75. The van der Waals surface area contributed by atoms with E-state index in [0.717, 1.165) is 66.1 Å². The summed E-state index contributed by atoms with van der Waals surface area (Å²) in [6.45, 7) is 6.71. The van der Waals surface area contributed by atoms with Gasteiger partial charge in [0, 0.05) is 32.9 Å². The zero-order chi connectivity index (χ0) is 31.0. The molecule has 0 fully saturated rings. The van der Waals surface area contributed by atoms with Crippen LogP contribution < -0.4 is 0 Å². The van der Waals surface area contributed by atoms with Crippen molar-refractivity contribution in [3.63, 3.8) is 0 Å². The summed E-state index contributed by atoms with van der Waals surface area (Å²) < 4.78 is 29.4. The SMILES string of the molecule is [2H]c1ccc2c(c1)c1cc([2H])ccc1n2-c1cccc(-c2cccc(-n3c4ccc([2H])cc4c4cc(C(C)(C)C)ccc43)c2)c1. The van der Waals surface area contributed by atoms with E-state index in [0.29, 0.717) is 18.1 Å². The van der Waals surface area contributed by atoms with Gasteiger partial charge in [0.2, 0.25) is 0 Å². The van der Waals surface area contributed by atoms with Gasteiger partial charge in [0.25, 0.3) is 0 Å². The van der Waals surface area contributed by atoms with Crippen molar-refractivity contribution in [2.45, 2.75) is 26.2 Å². The molecule has 0 aliphatic carbocycles. The topological polar surface area (TPSA) is 9.86 Å². The van der Waals surface area contributed by atoms with Crippen molar-refractivity contribution in [3.8, 4) is 22.5 Å². The summed E-state index contributed by atoms with van der Waals surface area (Å²) >= 11 is 0. The van der Waals surface area contributed by atoms with Crippen LogP contribution in [0.1, 0.15) is 30.4 Å². The standard InChI is InChI=1S/C40H32N2/c1-40(2,3)29-22-23-39-35(26-29)34-18-6-9-21-38(34)42(39)31-15-11-13-28(25-31)27-12-10-14-30(24-27)41-36-19-7-4-16-32(36)33-17-5-8-20-37(33)41/h4-26H,1-3H3/i4D,5D,6D. The number of benzene rings is 6. The third-order valence-electron chi connectivity index (χ3n) is 8.47. The monoisotopic (exact) mass is 543 g/mol. The molecule has 0 unspecified atom stereocenters. The third kappa shape index (κ3) is 3.79. The molecule has 202 valence electrons. The molecule has 2 heterocycles. The van der Waals surface area contributed by atoms with E-state index in [9.17, 15) is 0 Å². The number of fused-ring (bicyclic) bond motifs is 6. The van der Waals surface area contributed by atoms with Crippen LogP contribution in [-0.4, -0.2) is 9.13 Å². The van der Waals surface area contributed by atoms with E-state index < -0.39 is 0 Å². The number of aromatic nitrogens is 2. The van der Waals surface area contributed by atoms with Gasteiger partial charge in [-0.05, 0) is 76.7 Å². The normalized spacial score (nSPS) is 13.2. The Morgan fingerprint density at radius 2 is 0.905 bits per heavy atom. The molecule has 0 atom stereocenters. The Morgan fingerprint density at radius 1 is 0.452 bits per heavy atom. The average Bonchev–Trinajstić information content (AvgIpc) is 3.52. The highest BCUT2D eigenvalue weighted by Gasteiger charge is 2.18. The Hall–Kier alpha value is -5.08. The van der Waals surface area contributed by atoms with Crippen LogP contribution in [0, 0.1) is 0 Å². The summed E-state index contributed by atoms with van der Waals surface area (Å²) in [5.74, 6) is 0. The molecule has 42 heavy (non-hydrogen) atoms. The molecular weight excluding hydrogens is 508 g/mol. The quantitative estimate of drug-likeness (QED) is 0.210. The molecule has 0 saturated heterocycles. The highest BCUT2D eigenvalue weighted by molar-refractivity contribution is 6.10. The highest BCUT2D eigenvalue weighted by atomic mass is 15.0. The van der Waals surface area contributed by atoms with E-state index in [2.05, 4.69) is 103 Å². The predicted octanol–water partition coefficient (Wildman–Crippen LogP) is 10.8. The molecule has 6 aromatic carbocycles. The number of hydrogen-bond donors (Lipinski definition) is 0. The van der Waals surface area contributed by atoms with Crippen LogP contribution in [0.2, 0.25) is 0 Å². The first-order valence-electron chi connectivity index (χ1n) is 15.9. The van der Waals surface area contributed by atoms with Crippen molar-refractivity contribution in [1.29, 1.82) is 0 Å². The Bertz CT molecular complexity index is 2400. The highest BCUT2D eigenvalue weighted by Crippen LogP contribution is 2.37. The van der Waals surface area contributed by atoms with Gasteiger partial charge >= 0.3 is 0 Å². The maximum absolute atomic E-state index is 8.36. The Balaban J connectivity index is 1.30. The smallest absolute Gasteiger partial charge is 0.0623 e. The van der Waals surface area contributed by atoms with Crippen LogP contribution in [0.5, 0.6) is 0 Å². The van der Waals surface area contributed by atoms with Gasteiger partial charge in [-0.2, -0.15) is 0 Å². The maximum Gasteiger partial charge on any atom is 0.0623 e. The van der Waals surface area contributed by atoms with Gasteiger partial charge in [0.15, 0.2) is 0 Å². The van der Waals surface area contributed by atoms with Gasteiger partial charge in [-0.15, -0.1) is 0 Å². The van der Waals surface area contributed by atoms with Gasteiger partial charge in [0.1, 0.15) is 0 Å². The van der Waals surface area contributed by atoms with Gasteiger partial charge in [-0.3, -0.25) is 0 Å². The minimum absolute atomic E-state index is 0.0233. The molecule has 0 spiro atoms. The summed E-state index contributed by atoms with van der Waals surface area (Å²) in [7, 11) is 0. The Labute approximate surface area is 250 Å². The predicted molar refractivity (Wildman–Crippen MR) is 179 cm³/mol. The largest absolute Gasteiger partial charge is 0.309 e. The Morgan fingerprint density at radius 3 is 1.38 bits per heavy atom. The summed E-state index contributed by atoms with van der Waals surface area (Å²) in [5.41, 5.74) is 9.86. The molecule has 2 aromatic heterocycles. The van der Waals surface area contributed by atoms with E-state index in [1.54, 1.807) is 0 Å². The van der Waals surface area contributed by atoms with E-state index in [4.69, 9.17) is 4.11 Å². The molecule has 0 bridgehead atoms. The first-order chi connectivity index (χ1) is 21.7. The van der Waals surface area contributed by atoms with Crippen molar-refractivity contribution < 1.29 is 4.11 Å². The fourth-order valence-corrected chi connectivity index (χ4v) is 6.38. The third-order valence-corrected chi connectivity index (χ3v) is 8.47. The second-order valence-corrected chi connectivity index (χ2v) is 12.1. The van der Waals surface area contributed by atoms with Crippen molar-refractivity contribution in [3.05, 3.63) is 145 Å². The van der Waals surface area contributed by atoms with Crippen molar-refractivity contribution in [1.82, 2.24) is 9.13 Å². The summed E-state index contributed by atoms with van der Waals surface area (Å²) in [4.78, 5) is 0. The molecule has 0 N–H and O–H groups in total. The summed E-state index contributed by atoms with van der Waals surface area (Å²) in [6, 6.07) is 42.8. The molecule has 0 amide bonds. The van der Waals surface area contributed by atoms with Crippen LogP contribution >= 0.6 is 0 Å². The molecule has 2 nitrogen and oxygen atoms in total. The average molecular weight is 544 g/mol. The fourth-order valence-electron chi connectivity index (χ4n) is 6.38. The molecule has 0 aliphatic rings. The second-order valence-electron chi connectivity index (χ2n) is 12.1. The molecule has 2 heteroatoms. The first kappa shape index (κ1) is 21.6. The van der Waals surface area contributed by atoms with Gasteiger partial charge in [-0.25, -0.2) is 0 Å². The number of para-hydroxylation sites is 3. The second kappa shape index (κ2) is 9.22. The number of rotatable bonds is 3. The first-order valence-corrected chi connectivity index (χ1v) is 14.4. The number of nitrogens with zero attached hydrogens (tertiary/aromatic N) is 2. The van der Waals surface area contributed by atoms with Crippen LogP contribution in [0.25, 0.3) is 66.1 Å². The lowest BCUT2D eigenvalue weighted by Gasteiger charge is -2.19. The van der Waals surface area contributed by atoms with Crippen LogP contribution in [-0.2, 0) is 5.41 Å². The minimum atomic E-state index is 0.0233. The number of hydrogen-bond acceptors (Lipinski definition) is 0. The van der Waals surface area contributed by atoms with Crippen molar-refractivity contribution >= 4 is 43.6 Å². The lowest BCUT2D eigenvalue weighted by molar-refractivity contribution is 0.591. The lowest BCUT2D eigenvalue weighted by Crippen LogP contribution is -2.10. The molecule has 0 saturated carbocycles. The van der Waals surface area contributed by atoms with Crippen molar-refractivity contribution in [2.24, 2.45) is 0 Å². The van der Waals surface area contributed by atoms with Crippen LogP contribution in [0.15, 0.2) is 139 Å². The minimum Gasteiger partial charge on any atom is -0.309 e. The molecule has 0 aliphatic heterocycles. The zero-order valence-corrected chi connectivity index (χ0v) is 23.9. The van der Waals surface area contributed by atoms with E-state index >= 15 is 0 Å². The molecule has 8 aromatic rings. The molecule has 8 rings (SSSR count). The van der Waals surface area contributed by atoms with E-state index in [-0.39, 0.29) is 5.41 Å². The maximum atomic E-state index is 8.36. The summed E-state index contributed by atoms with van der Waals surface area (Å²) in [5, 5.41) is 4.22. The van der Waals surface area contributed by atoms with E-state index in [1.165, 1.54) is 5.56 Å². The van der Waals surface area contributed by atoms with Gasteiger partial charge < -0.3 is 9.13 Å². The van der Waals surface area contributed by atoms with E-state index in [1.807, 2.05) is 48.5 Å². The van der Waals surface area contributed by atoms with Crippen LogP contribution in [0.4, 0.5) is 0 Å². The molecule has 0 radical (unpaired) electrons. The van der Waals surface area contributed by atoms with Gasteiger partial charge in [-0.1, -0.05) is 106 Å². The van der Waals surface area contributed by atoms with Crippen molar-refractivity contribution in [2.75, 3.05) is 0 Å². The van der Waals surface area contributed by atoms with Gasteiger partial charge in [0.05, 0.1) is 26.2 Å². The summed E-state index contributed by atoms with van der Waals surface area (Å²) in [6.07, 6.45) is 0. The van der Waals surface area contributed by atoms with Crippen LogP contribution in [0.3, 0.4) is 0 Å². The molecular formula is C40H32N2. The fraction of sp³-hybridized carbons (Fsp3) is 0.100. The zero-order valence-electron chi connectivity index (χ0n) is 26.9.